The molecule has 6 nitrogen and oxygen atoms in total. The first-order valence-corrected chi connectivity index (χ1v) is 6.70. The van der Waals surface area contributed by atoms with Gasteiger partial charge in [0.05, 0.1) is 0 Å². The highest BCUT2D eigenvalue weighted by atomic mass is 16.4. The smallest absolute Gasteiger partial charge is 0.335 e. The van der Waals surface area contributed by atoms with E-state index in [2.05, 4.69) is 13.8 Å². The van der Waals surface area contributed by atoms with Gasteiger partial charge < -0.3 is 20.4 Å². The maximum atomic E-state index is 9.77. The Morgan fingerprint density at radius 3 is 1.21 bits per heavy atom. The number of hydrogen-bond acceptors (Lipinski definition) is 4. The average molecular weight is 278 g/mol. The predicted octanol–water partition coefficient (Wildman–Crippen LogP) is 1.63. The molecule has 0 aliphatic heterocycles. The number of aliphatic hydroxyl groups excluding tert-OH is 2. The minimum atomic E-state index is -2.27. The summed E-state index contributed by atoms with van der Waals surface area (Å²) in [6.45, 7) is 4.53. The summed E-state index contributed by atoms with van der Waals surface area (Å²) in [7, 11) is 0. The minimum absolute atomic E-state index is 1.37. The number of aliphatic hydroxyl groups is 2. The Balaban J connectivity index is 0. The maximum Gasteiger partial charge on any atom is 0.335 e. The zero-order valence-corrected chi connectivity index (χ0v) is 11.7. The third-order valence-electron chi connectivity index (χ3n) is 2.51. The van der Waals surface area contributed by atoms with Gasteiger partial charge in [0.15, 0.2) is 12.2 Å². The molecule has 2 atom stereocenters. The predicted molar refractivity (Wildman–Crippen MR) is 71.0 cm³/mol. The van der Waals surface area contributed by atoms with Gasteiger partial charge >= 0.3 is 11.9 Å². The van der Waals surface area contributed by atoms with Crippen LogP contribution in [0.3, 0.4) is 0 Å². The second-order valence-electron chi connectivity index (χ2n) is 4.33. The standard InChI is InChI=1S/C9H20.C4H6O6/c1-3-5-7-9-8-6-4-2;5-1(3(7)8)2(6)4(9)10/h3-9H2,1-2H3;1-2,5-6H,(H,7,8)(H,9,10)/t;1-,2-/m.0/s1. The number of hydrogen-bond donors (Lipinski definition) is 4. The fraction of sp³-hybridized carbons (Fsp3) is 0.846. The Labute approximate surface area is 114 Å². The molecular weight excluding hydrogens is 252 g/mol. The van der Waals surface area contributed by atoms with Crippen molar-refractivity contribution in [3.8, 4) is 0 Å². The Bertz CT molecular complexity index is 217. The fourth-order valence-electron chi connectivity index (χ4n) is 1.30. The van der Waals surface area contributed by atoms with Gasteiger partial charge in [0.1, 0.15) is 0 Å². The van der Waals surface area contributed by atoms with Crippen molar-refractivity contribution in [3.63, 3.8) is 0 Å². The summed E-state index contributed by atoms with van der Waals surface area (Å²) in [6.07, 6.45) is 5.44. The monoisotopic (exact) mass is 278 g/mol. The molecule has 0 amide bonds. The lowest BCUT2D eigenvalue weighted by atomic mass is 10.1. The van der Waals surface area contributed by atoms with Crippen LogP contribution < -0.4 is 0 Å². The molecule has 0 aromatic carbocycles. The van der Waals surface area contributed by atoms with Crippen LogP contribution in [0.1, 0.15) is 58.8 Å². The molecule has 0 saturated carbocycles. The molecule has 0 aliphatic rings. The number of unbranched alkanes of at least 4 members (excludes halogenated alkanes) is 6. The molecule has 0 aliphatic carbocycles. The Kier molecular flexibility index (Phi) is 14.1. The second kappa shape index (κ2) is 13.3. The average Bonchev–Trinajstić information content (AvgIpc) is 2.37. The van der Waals surface area contributed by atoms with Gasteiger partial charge in [-0.3, -0.25) is 0 Å². The van der Waals surface area contributed by atoms with Crippen molar-refractivity contribution in [2.45, 2.75) is 71.0 Å². The number of rotatable bonds is 9. The van der Waals surface area contributed by atoms with E-state index in [0.717, 1.165) is 0 Å². The van der Waals surface area contributed by atoms with E-state index >= 15 is 0 Å². The Morgan fingerprint density at radius 1 is 0.737 bits per heavy atom. The summed E-state index contributed by atoms with van der Waals surface area (Å²) in [6, 6.07) is 0. The molecule has 0 saturated heterocycles. The first-order chi connectivity index (χ1) is 8.88. The number of carboxylic acid groups (broad SMARTS) is 2. The Hall–Kier alpha value is -1.14. The van der Waals surface area contributed by atoms with Gasteiger partial charge in [-0.1, -0.05) is 58.8 Å². The molecule has 0 aromatic rings. The molecule has 0 unspecified atom stereocenters. The van der Waals surface area contributed by atoms with E-state index in [0.29, 0.717) is 0 Å². The molecule has 0 radical (unpaired) electrons. The van der Waals surface area contributed by atoms with Gasteiger partial charge in [-0.05, 0) is 0 Å². The molecule has 4 N–H and O–H groups in total. The first kappa shape index (κ1) is 20.2. The van der Waals surface area contributed by atoms with Crippen LogP contribution in [0.4, 0.5) is 0 Å². The molecule has 0 fully saturated rings. The molecule has 19 heavy (non-hydrogen) atoms. The molecule has 6 heteroatoms. The summed E-state index contributed by atoms with van der Waals surface area (Å²) in [5.74, 6) is -3.54. The summed E-state index contributed by atoms with van der Waals surface area (Å²) in [4.78, 5) is 19.5. The fourth-order valence-corrected chi connectivity index (χ4v) is 1.30. The van der Waals surface area contributed by atoms with E-state index in [4.69, 9.17) is 20.4 Å². The highest BCUT2D eigenvalue weighted by molar-refractivity contribution is 5.83. The van der Waals surface area contributed by atoms with Crippen molar-refractivity contribution >= 4 is 11.9 Å². The van der Waals surface area contributed by atoms with Gasteiger partial charge in [0.2, 0.25) is 0 Å². The minimum Gasteiger partial charge on any atom is -0.479 e. The molecule has 0 bridgehead atoms. The van der Waals surface area contributed by atoms with Crippen LogP contribution in [0.15, 0.2) is 0 Å². The second-order valence-corrected chi connectivity index (χ2v) is 4.33. The van der Waals surface area contributed by atoms with Crippen LogP contribution in [0.5, 0.6) is 0 Å². The Morgan fingerprint density at radius 2 is 1.00 bits per heavy atom. The first-order valence-electron chi connectivity index (χ1n) is 6.70. The molecule has 114 valence electrons. The van der Waals surface area contributed by atoms with Crippen LogP contribution in [0.2, 0.25) is 0 Å². The van der Waals surface area contributed by atoms with Crippen LogP contribution in [0.25, 0.3) is 0 Å². The summed E-state index contributed by atoms with van der Waals surface area (Å²) in [5, 5.41) is 32.5. The van der Waals surface area contributed by atoms with Gasteiger partial charge in [-0.25, -0.2) is 9.59 Å². The van der Waals surface area contributed by atoms with Crippen LogP contribution in [0, 0.1) is 0 Å². The molecule has 0 heterocycles. The highest BCUT2D eigenvalue weighted by Gasteiger charge is 2.29. The molecule has 0 rings (SSSR count). The van der Waals surface area contributed by atoms with E-state index in [1.165, 1.54) is 44.9 Å². The van der Waals surface area contributed by atoms with Gasteiger partial charge in [-0.15, -0.1) is 0 Å². The normalized spacial score (nSPS) is 13.1. The van der Waals surface area contributed by atoms with Gasteiger partial charge in [0, 0.05) is 0 Å². The summed E-state index contributed by atoms with van der Waals surface area (Å²) < 4.78 is 0. The van der Waals surface area contributed by atoms with Crippen molar-refractivity contribution in [2.75, 3.05) is 0 Å². The summed E-state index contributed by atoms with van der Waals surface area (Å²) in [5.41, 5.74) is 0. The van der Waals surface area contributed by atoms with Crippen molar-refractivity contribution in [1.82, 2.24) is 0 Å². The highest BCUT2D eigenvalue weighted by Crippen LogP contribution is 2.05. The third-order valence-corrected chi connectivity index (χ3v) is 2.51. The quantitative estimate of drug-likeness (QED) is 0.476. The number of carboxylic acids is 2. The lowest BCUT2D eigenvalue weighted by molar-refractivity contribution is -0.165. The molecular formula is C13H26O6. The topological polar surface area (TPSA) is 115 Å². The van der Waals surface area contributed by atoms with Gasteiger partial charge in [0.25, 0.3) is 0 Å². The van der Waals surface area contributed by atoms with Crippen LogP contribution >= 0.6 is 0 Å². The van der Waals surface area contributed by atoms with Crippen molar-refractivity contribution in [1.29, 1.82) is 0 Å². The van der Waals surface area contributed by atoms with E-state index in [1.807, 2.05) is 0 Å². The SMILES string of the molecule is CCCCCCCCC.O=C(O)[C@@H](O)[C@H](O)C(=O)O. The van der Waals surface area contributed by atoms with Crippen molar-refractivity contribution < 1.29 is 30.0 Å². The zero-order chi connectivity index (χ0) is 15.3. The number of carbonyl (C=O) groups is 2. The number of aliphatic carboxylic acids is 2. The third kappa shape index (κ3) is 13.1. The van der Waals surface area contributed by atoms with E-state index in [1.54, 1.807) is 0 Å². The van der Waals surface area contributed by atoms with E-state index in [-0.39, 0.29) is 0 Å². The van der Waals surface area contributed by atoms with Crippen molar-refractivity contribution in [3.05, 3.63) is 0 Å². The lowest BCUT2D eigenvalue weighted by Gasteiger charge is -2.07. The van der Waals surface area contributed by atoms with Crippen molar-refractivity contribution in [2.24, 2.45) is 0 Å². The van der Waals surface area contributed by atoms with Crippen LogP contribution in [-0.4, -0.2) is 44.6 Å². The van der Waals surface area contributed by atoms with Crippen LogP contribution in [-0.2, 0) is 9.59 Å². The van der Waals surface area contributed by atoms with Gasteiger partial charge in [-0.2, -0.15) is 0 Å². The largest absolute Gasteiger partial charge is 0.479 e. The lowest BCUT2D eigenvalue weighted by Crippen LogP contribution is -2.39. The van der Waals surface area contributed by atoms with E-state index < -0.39 is 24.1 Å². The van der Waals surface area contributed by atoms with E-state index in [9.17, 15) is 9.59 Å². The molecule has 0 aromatic heterocycles. The summed E-state index contributed by atoms with van der Waals surface area (Å²) >= 11 is 0. The molecule has 0 spiro atoms. The maximum absolute atomic E-state index is 9.77. The zero-order valence-electron chi connectivity index (χ0n) is 11.7.